The second-order valence-corrected chi connectivity index (χ2v) is 8.05. The molecule has 8 heteroatoms. The first-order chi connectivity index (χ1) is 15.1. The van der Waals surface area contributed by atoms with Crippen molar-refractivity contribution in [1.82, 2.24) is 19.6 Å². The van der Waals surface area contributed by atoms with Gasteiger partial charge in [-0.3, -0.25) is 14.8 Å². The fraction of sp³-hybridized carbons (Fsp3) is 0.391. The van der Waals surface area contributed by atoms with Crippen molar-refractivity contribution in [1.29, 1.82) is 0 Å². The van der Waals surface area contributed by atoms with Gasteiger partial charge in [0.25, 0.3) is 0 Å². The van der Waals surface area contributed by atoms with Crippen LogP contribution in [-0.2, 0) is 18.2 Å². The van der Waals surface area contributed by atoms with Crippen LogP contribution in [0.2, 0.25) is 0 Å². The molecule has 1 saturated carbocycles. The highest BCUT2D eigenvalue weighted by molar-refractivity contribution is 5.84. The molecule has 2 heterocycles. The van der Waals surface area contributed by atoms with Gasteiger partial charge in [0.05, 0.1) is 19.0 Å². The molecule has 1 N–H and O–H groups in total. The van der Waals surface area contributed by atoms with Crippen molar-refractivity contribution in [3.05, 3.63) is 70.4 Å². The molecule has 0 atom stereocenters. The number of hydrogen-bond acceptors (Lipinski definition) is 5. The van der Waals surface area contributed by atoms with Gasteiger partial charge in [-0.15, -0.1) is 0 Å². The van der Waals surface area contributed by atoms with E-state index >= 15 is 0 Å². The Morgan fingerprint density at radius 1 is 1.23 bits per heavy atom. The lowest BCUT2D eigenvalue weighted by Crippen LogP contribution is -2.20. The molecule has 0 unspecified atom stereocenters. The van der Waals surface area contributed by atoms with Gasteiger partial charge >= 0.3 is 6.09 Å². The first-order valence-corrected chi connectivity index (χ1v) is 10.7. The van der Waals surface area contributed by atoms with E-state index in [4.69, 9.17) is 4.74 Å². The van der Waals surface area contributed by atoms with E-state index in [-0.39, 0.29) is 5.43 Å². The average Bonchev–Trinajstić information content (AvgIpc) is 3.21. The number of anilines is 1. The number of nitrogens with zero attached hydrogens (tertiary/aromatic N) is 4. The standard InChI is InChI=1S/C23H27N5O3/c1-27-15-20(14-24-27)28-11-10-22(29)21(26-28)13-18-8-5-9-19(12-18)25-23(30)31-16-17-6-3-2-4-7-17/h5,8-12,14-15,17H,2-4,6-7,13,16H2,1H3,(H,25,30). The fourth-order valence-corrected chi connectivity index (χ4v) is 3.89. The lowest BCUT2D eigenvalue weighted by Gasteiger charge is -2.21. The van der Waals surface area contributed by atoms with E-state index in [0.717, 1.165) is 24.1 Å². The Morgan fingerprint density at radius 2 is 2.06 bits per heavy atom. The van der Waals surface area contributed by atoms with Crippen molar-refractivity contribution in [2.45, 2.75) is 38.5 Å². The summed E-state index contributed by atoms with van der Waals surface area (Å²) < 4.78 is 8.72. The van der Waals surface area contributed by atoms with Gasteiger partial charge in [0, 0.05) is 31.4 Å². The molecule has 2 aromatic heterocycles. The van der Waals surface area contributed by atoms with Crippen molar-refractivity contribution in [3.8, 4) is 5.69 Å². The summed E-state index contributed by atoms with van der Waals surface area (Å²) in [5.41, 5.74) is 2.57. The van der Waals surface area contributed by atoms with Crippen molar-refractivity contribution < 1.29 is 9.53 Å². The minimum Gasteiger partial charge on any atom is -0.449 e. The van der Waals surface area contributed by atoms with Crippen LogP contribution in [0.25, 0.3) is 5.69 Å². The minimum atomic E-state index is -0.445. The van der Waals surface area contributed by atoms with Crippen molar-refractivity contribution in [2.75, 3.05) is 11.9 Å². The molecule has 1 aliphatic rings. The quantitative estimate of drug-likeness (QED) is 0.656. The third-order valence-corrected chi connectivity index (χ3v) is 5.56. The molecule has 0 spiro atoms. The second-order valence-electron chi connectivity index (χ2n) is 8.05. The number of nitrogens with one attached hydrogen (secondary N) is 1. The van der Waals surface area contributed by atoms with Crippen LogP contribution in [0.4, 0.5) is 10.5 Å². The van der Waals surface area contributed by atoms with Crippen LogP contribution in [0.1, 0.15) is 43.4 Å². The molecule has 1 aromatic carbocycles. The zero-order valence-electron chi connectivity index (χ0n) is 17.7. The molecule has 0 radical (unpaired) electrons. The second kappa shape index (κ2) is 9.59. The lowest BCUT2D eigenvalue weighted by atomic mass is 9.90. The van der Waals surface area contributed by atoms with Gasteiger partial charge in [0.2, 0.25) is 5.43 Å². The number of amides is 1. The van der Waals surface area contributed by atoms with Gasteiger partial charge in [-0.25, -0.2) is 9.48 Å². The Kier molecular flexibility index (Phi) is 6.45. The van der Waals surface area contributed by atoms with Crippen molar-refractivity contribution in [2.24, 2.45) is 13.0 Å². The zero-order valence-corrected chi connectivity index (χ0v) is 17.7. The molecule has 3 aromatic rings. The largest absolute Gasteiger partial charge is 0.449 e. The summed E-state index contributed by atoms with van der Waals surface area (Å²) in [5, 5.41) is 11.4. The molecule has 162 valence electrons. The topological polar surface area (TPSA) is 91.0 Å². The fourth-order valence-electron chi connectivity index (χ4n) is 3.89. The lowest BCUT2D eigenvalue weighted by molar-refractivity contribution is 0.128. The summed E-state index contributed by atoms with van der Waals surface area (Å²) in [7, 11) is 1.83. The number of carbonyl (C=O) groups is 1. The molecule has 0 saturated heterocycles. The predicted molar refractivity (Wildman–Crippen MR) is 117 cm³/mol. The van der Waals surface area contributed by atoms with Gasteiger partial charge in [0.15, 0.2) is 0 Å². The van der Waals surface area contributed by atoms with E-state index in [1.165, 1.54) is 25.3 Å². The number of benzene rings is 1. The summed E-state index contributed by atoms with van der Waals surface area (Å²) in [6, 6.07) is 8.89. The summed E-state index contributed by atoms with van der Waals surface area (Å²) in [6.07, 6.45) is 11.0. The van der Waals surface area contributed by atoms with Crippen LogP contribution in [0.15, 0.2) is 53.7 Å². The molecule has 0 aliphatic heterocycles. The van der Waals surface area contributed by atoms with Gasteiger partial charge < -0.3 is 4.74 Å². The van der Waals surface area contributed by atoms with Gasteiger partial charge in [-0.05, 0) is 36.5 Å². The molecule has 31 heavy (non-hydrogen) atoms. The number of aryl methyl sites for hydroxylation is 1. The first kappa shape index (κ1) is 20.8. The molecule has 0 bridgehead atoms. The minimum absolute atomic E-state index is 0.134. The highest BCUT2D eigenvalue weighted by Crippen LogP contribution is 2.24. The number of hydrogen-bond donors (Lipinski definition) is 1. The molecule has 1 fully saturated rings. The molecule has 4 rings (SSSR count). The van der Waals surface area contributed by atoms with Gasteiger partial charge in [-0.1, -0.05) is 31.4 Å². The number of ether oxygens (including phenoxy) is 1. The highest BCUT2D eigenvalue weighted by atomic mass is 16.5. The highest BCUT2D eigenvalue weighted by Gasteiger charge is 2.15. The molecular formula is C23H27N5O3. The third kappa shape index (κ3) is 5.59. The van der Waals surface area contributed by atoms with Gasteiger partial charge in [0.1, 0.15) is 11.4 Å². The van der Waals surface area contributed by atoms with Crippen LogP contribution in [-0.4, -0.2) is 32.3 Å². The number of carbonyl (C=O) groups excluding carboxylic acids is 1. The molecule has 1 aliphatic carbocycles. The van der Waals surface area contributed by atoms with Crippen LogP contribution in [0, 0.1) is 5.92 Å². The van der Waals surface area contributed by atoms with E-state index in [0.29, 0.717) is 30.3 Å². The average molecular weight is 422 g/mol. The third-order valence-electron chi connectivity index (χ3n) is 5.56. The summed E-state index contributed by atoms with van der Waals surface area (Å²) in [5.74, 6) is 0.469. The summed E-state index contributed by atoms with van der Waals surface area (Å²) in [4.78, 5) is 24.5. The van der Waals surface area contributed by atoms with Crippen LogP contribution in [0.5, 0.6) is 0 Å². The SMILES string of the molecule is Cn1cc(-n2ccc(=O)c(Cc3cccc(NC(=O)OCC4CCCCC4)c3)n2)cn1. The molecule has 1 amide bonds. The maximum atomic E-state index is 12.3. The molecule has 8 nitrogen and oxygen atoms in total. The van der Waals surface area contributed by atoms with Crippen molar-refractivity contribution in [3.63, 3.8) is 0 Å². The Balaban J connectivity index is 1.40. The summed E-state index contributed by atoms with van der Waals surface area (Å²) in [6.45, 7) is 0.466. The monoisotopic (exact) mass is 421 g/mol. The van der Waals surface area contributed by atoms with E-state index in [2.05, 4.69) is 15.5 Å². The first-order valence-electron chi connectivity index (χ1n) is 10.7. The Hall–Kier alpha value is -3.42. The van der Waals surface area contributed by atoms with Crippen LogP contribution < -0.4 is 10.7 Å². The van der Waals surface area contributed by atoms with Crippen LogP contribution in [0.3, 0.4) is 0 Å². The van der Waals surface area contributed by atoms with E-state index < -0.39 is 6.09 Å². The Morgan fingerprint density at radius 3 is 2.84 bits per heavy atom. The Bertz CT molecular complexity index is 1100. The van der Waals surface area contributed by atoms with E-state index in [1.54, 1.807) is 27.8 Å². The molecular weight excluding hydrogens is 394 g/mol. The van der Waals surface area contributed by atoms with Crippen molar-refractivity contribution >= 4 is 11.8 Å². The maximum absolute atomic E-state index is 12.3. The number of rotatable bonds is 6. The normalized spacial score (nSPS) is 14.4. The predicted octanol–water partition coefficient (Wildman–Crippen LogP) is 3.69. The smallest absolute Gasteiger partial charge is 0.411 e. The van der Waals surface area contributed by atoms with E-state index in [9.17, 15) is 9.59 Å². The maximum Gasteiger partial charge on any atom is 0.411 e. The van der Waals surface area contributed by atoms with Gasteiger partial charge in [-0.2, -0.15) is 10.2 Å². The van der Waals surface area contributed by atoms with Crippen LogP contribution >= 0.6 is 0 Å². The summed E-state index contributed by atoms with van der Waals surface area (Å²) >= 11 is 0. The Labute approximate surface area is 180 Å². The number of aromatic nitrogens is 4. The van der Waals surface area contributed by atoms with E-state index in [1.807, 2.05) is 31.4 Å². The zero-order chi connectivity index (χ0) is 21.6.